The van der Waals surface area contributed by atoms with Gasteiger partial charge in [0.25, 0.3) is 5.91 Å². The number of amides is 1. The van der Waals surface area contributed by atoms with Gasteiger partial charge in [-0.2, -0.15) is 0 Å². The Morgan fingerprint density at radius 1 is 1.12 bits per heavy atom. The molecule has 0 aliphatic heterocycles. The van der Waals surface area contributed by atoms with E-state index in [1.807, 2.05) is 4.40 Å². The van der Waals surface area contributed by atoms with Gasteiger partial charge in [-0.3, -0.25) is 9.20 Å². The van der Waals surface area contributed by atoms with Crippen LogP contribution in [0.15, 0.2) is 54.9 Å². The van der Waals surface area contributed by atoms with Gasteiger partial charge < -0.3 is 10.6 Å². The van der Waals surface area contributed by atoms with Crippen molar-refractivity contribution in [2.75, 3.05) is 11.9 Å². The van der Waals surface area contributed by atoms with Crippen molar-refractivity contribution in [2.24, 2.45) is 0 Å². The molecular weight excluding hydrogens is 424 g/mol. The second-order valence-corrected chi connectivity index (χ2v) is 8.19. The van der Waals surface area contributed by atoms with Gasteiger partial charge in [0.2, 0.25) is 0 Å². The van der Waals surface area contributed by atoms with Gasteiger partial charge in [0, 0.05) is 29.9 Å². The second-order valence-electron chi connectivity index (χ2n) is 8.19. The average molecular weight is 447 g/mol. The number of fused-ring (bicyclic) bond motifs is 1. The van der Waals surface area contributed by atoms with E-state index in [-0.39, 0.29) is 17.4 Å². The van der Waals surface area contributed by atoms with Gasteiger partial charge in [-0.25, -0.2) is 18.7 Å². The van der Waals surface area contributed by atoms with Gasteiger partial charge in [-0.05, 0) is 55.7 Å². The zero-order valence-corrected chi connectivity index (χ0v) is 18.1. The fourth-order valence-electron chi connectivity index (χ4n) is 3.67. The van der Waals surface area contributed by atoms with Crippen LogP contribution in [0.4, 0.5) is 14.6 Å². The van der Waals surface area contributed by atoms with Crippen LogP contribution < -0.4 is 10.6 Å². The molecule has 0 spiro atoms. The molecule has 5 rings (SSSR count). The van der Waals surface area contributed by atoms with Crippen molar-refractivity contribution >= 4 is 17.4 Å². The lowest BCUT2D eigenvalue weighted by atomic mass is 10.1. The predicted molar refractivity (Wildman–Crippen MR) is 123 cm³/mol. The summed E-state index contributed by atoms with van der Waals surface area (Å²) in [5.41, 5.74) is 3.24. The van der Waals surface area contributed by atoms with Gasteiger partial charge in [-0.15, -0.1) is 0 Å². The highest BCUT2D eigenvalue weighted by Crippen LogP contribution is 2.29. The smallest absolute Gasteiger partial charge is 0.254 e. The van der Waals surface area contributed by atoms with E-state index in [0.29, 0.717) is 35.0 Å². The Morgan fingerprint density at radius 2 is 1.88 bits per heavy atom. The van der Waals surface area contributed by atoms with Crippen molar-refractivity contribution in [1.29, 1.82) is 0 Å². The van der Waals surface area contributed by atoms with Gasteiger partial charge in [0.1, 0.15) is 11.6 Å². The van der Waals surface area contributed by atoms with Crippen LogP contribution in [0.25, 0.3) is 28.2 Å². The van der Waals surface area contributed by atoms with E-state index in [1.165, 1.54) is 24.3 Å². The summed E-state index contributed by atoms with van der Waals surface area (Å²) in [6.45, 7) is 2.76. The summed E-state index contributed by atoms with van der Waals surface area (Å²) >= 11 is 0. The van der Waals surface area contributed by atoms with E-state index < -0.39 is 11.7 Å². The standard InChI is InChI=1S/C25H23F2N5O/c1-2-11-28-23-24-29-13-22(32(24)14-21(31-23)15-3-6-17(26)7-4-15)16-5-10-19(20(27)12-16)25(33)30-18-8-9-18/h3-7,10,12-14,18H,2,8-9,11H2,1H3,(H,28,31)(H,30,33). The molecule has 0 saturated heterocycles. The first-order valence-corrected chi connectivity index (χ1v) is 11.0. The van der Waals surface area contributed by atoms with E-state index in [4.69, 9.17) is 0 Å². The quantitative estimate of drug-likeness (QED) is 0.416. The summed E-state index contributed by atoms with van der Waals surface area (Å²) in [6.07, 6.45) is 6.23. The number of nitrogens with zero attached hydrogens (tertiary/aromatic N) is 3. The maximum atomic E-state index is 14.8. The molecule has 0 bridgehead atoms. The molecule has 1 saturated carbocycles. The Bertz CT molecular complexity index is 1330. The third-order valence-electron chi connectivity index (χ3n) is 5.60. The molecule has 0 atom stereocenters. The number of halogens is 2. The molecule has 6 nitrogen and oxygen atoms in total. The van der Waals surface area contributed by atoms with Crippen LogP contribution in [-0.4, -0.2) is 32.9 Å². The molecule has 168 valence electrons. The first-order valence-electron chi connectivity index (χ1n) is 11.0. The number of carbonyl (C=O) groups is 1. The maximum absolute atomic E-state index is 14.8. The lowest BCUT2D eigenvalue weighted by Gasteiger charge is -2.11. The zero-order valence-electron chi connectivity index (χ0n) is 18.1. The number of hydrogen-bond acceptors (Lipinski definition) is 4. The van der Waals surface area contributed by atoms with Crippen molar-refractivity contribution in [3.05, 3.63) is 72.1 Å². The summed E-state index contributed by atoms with van der Waals surface area (Å²) in [7, 11) is 0. The average Bonchev–Trinajstić information content (AvgIpc) is 3.52. The number of aromatic nitrogens is 3. The molecule has 2 aromatic heterocycles. The fourth-order valence-corrected chi connectivity index (χ4v) is 3.67. The van der Waals surface area contributed by atoms with Crippen LogP contribution in [0.2, 0.25) is 0 Å². The van der Waals surface area contributed by atoms with Crippen LogP contribution in [0.1, 0.15) is 36.5 Å². The number of benzene rings is 2. The summed E-state index contributed by atoms with van der Waals surface area (Å²) < 4.78 is 30.1. The van der Waals surface area contributed by atoms with E-state index in [2.05, 4.69) is 27.5 Å². The first kappa shape index (κ1) is 21.1. The molecule has 4 aromatic rings. The molecule has 0 unspecified atom stereocenters. The summed E-state index contributed by atoms with van der Waals surface area (Å²) in [5, 5.41) is 6.10. The van der Waals surface area contributed by atoms with Gasteiger partial charge in [0.15, 0.2) is 11.5 Å². The second kappa shape index (κ2) is 8.61. The number of rotatable bonds is 7. The minimum Gasteiger partial charge on any atom is -0.367 e. The van der Waals surface area contributed by atoms with Crippen LogP contribution in [0, 0.1) is 11.6 Å². The van der Waals surface area contributed by atoms with Gasteiger partial charge in [-0.1, -0.05) is 13.0 Å². The van der Waals surface area contributed by atoms with Crippen LogP contribution in [0.5, 0.6) is 0 Å². The van der Waals surface area contributed by atoms with E-state index >= 15 is 0 Å². The SMILES string of the molecule is CCCNc1nc(-c2ccc(F)cc2)cn2c(-c3ccc(C(=O)NC4CC4)c(F)c3)cnc12. The Morgan fingerprint density at radius 3 is 2.58 bits per heavy atom. The largest absolute Gasteiger partial charge is 0.367 e. The van der Waals surface area contributed by atoms with Crippen molar-refractivity contribution in [2.45, 2.75) is 32.2 Å². The molecule has 1 amide bonds. The highest BCUT2D eigenvalue weighted by Gasteiger charge is 2.25. The number of nitrogens with one attached hydrogen (secondary N) is 2. The molecule has 33 heavy (non-hydrogen) atoms. The van der Waals surface area contributed by atoms with Crippen LogP contribution in [0.3, 0.4) is 0 Å². The molecule has 2 N–H and O–H groups in total. The predicted octanol–water partition coefficient (Wildman–Crippen LogP) is 5.06. The van der Waals surface area contributed by atoms with Crippen molar-refractivity contribution in [1.82, 2.24) is 19.7 Å². The molecule has 1 aliphatic carbocycles. The van der Waals surface area contributed by atoms with E-state index in [0.717, 1.165) is 24.8 Å². The third-order valence-corrected chi connectivity index (χ3v) is 5.60. The zero-order chi connectivity index (χ0) is 22.9. The highest BCUT2D eigenvalue weighted by atomic mass is 19.1. The van der Waals surface area contributed by atoms with Crippen LogP contribution in [-0.2, 0) is 0 Å². The minimum atomic E-state index is -0.585. The molecule has 2 heterocycles. The molecule has 1 fully saturated rings. The Hall–Kier alpha value is -3.81. The Kier molecular flexibility index (Phi) is 5.50. The Balaban J connectivity index is 1.58. The van der Waals surface area contributed by atoms with E-state index in [9.17, 15) is 13.6 Å². The molecule has 0 radical (unpaired) electrons. The highest BCUT2D eigenvalue weighted by molar-refractivity contribution is 5.95. The summed E-state index contributed by atoms with van der Waals surface area (Å²) in [4.78, 5) is 21.5. The first-order chi connectivity index (χ1) is 16.0. The lowest BCUT2D eigenvalue weighted by Crippen LogP contribution is -2.26. The maximum Gasteiger partial charge on any atom is 0.254 e. The lowest BCUT2D eigenvalue weighted by molar-refractivity contribution is 0.0947. The Labute approximate surface area is 189 Å². The molecule has 8 heteroatoms. The van der Waals surface area contributed by atoms with Crippen molar-refractivity contribution in [3.63, 3.8) is 0 Å². The number of hydrogen-bond donors (Lipinski definition) is 2. The summed E-state index contributed by atoms with van der Waals surface area (Å²) in [5.74, 6) is -0.717. The van der Waals surface area contributed by atoms with Crippen molar-refractivity contribution < 1.29 is 13.6 Å². The van der Waals surface area contributed by atoms with Gasteiger partial charge in [0.05, 0.1) is 23.1 Å². The van der Waals surface area contributed by atoms with Crippen molar-refractivity contribution in [3.8, 4) is 22.5 Å². The van der Waals surface area contributed by atoms with Crippen LogP contribution >= 0.6 is 0 Å². The fraction of sp³-hybridized carbons (Fsp3) is 0.240. The summed E-state index contributed by atoms with van der Waals surface area (Å²) in [6, 6.07) is 10.8. The third kappa shape index (κ3) is 4.28. The molecular formula is C25H23F2N5O. The molecule has 1 aliphatic rings. The van der Waals surface area contributed by atoms with E-state index in [1.54, 1.807) is 30.6 Å². The number of anilines is 1. The molecule has 2 aromatic carbocycles. The topological polar surface area (TPSA) is 71.3 Å². The minimum absolute atomic E-state index is 0.0263. The number of imidazole rings is 1. The number of carbonyl (C=O) groups excluding carboxylic acids is 1. The monoisotopic (exact) mass is 447 g/mol. The normalized spacial score (nSPS) is 13.3. The van der Waals surface area contributed by atoms with Gasteiger partial charge >= 0.3 is 0 Å².